The molecular formula is C22H30O5. The van der Waals surface area contributed by atoms with Crippen LogP contribution in [0.1, 0.15) is 76.0 Å². The Morgan fingerprint density at radius 1 is 1.30 bits per heavy atom. The Bertz CT molecular complexity index is 744. The van der Waals surface area contributed by atoms with Crippen molar-refractivity contribution in [2.24, 2.45) is 5.41 Å². The topological polar surface area (TPSA) is 68.9 Å². The van der Waals surface area contributed by atoms with E-state index < -0.39 is 11.2 Å². The van der Waals surface area contributed by atoms with Gasteiger partial charge in [0.1, 0.15) is 22.7 Å². The summed E-state index contributed by atoms with van der Waals surface area (Å²) in [7, 11) is 0. The predicted octanol–water partition coefficient (Wildman–Crippen LogP) is 4.56. The third-order valence-electron chi connectivity index (χ3n) is 6.37. The van der Waals surface area contributed by atoms with Crippen LogP contribution < -0.4 is 5.63 Å². The third-order valence-corrected chi connectivity index (χ3v) is 6.37. The van der Waals surface area contributed by atoms with E-state index in [1.165, 1.54) is 6.42 Å². The van der Waals surface area contributed by atoms with E-state index in [4.69, 9.17) is 13.9 Å². The van der Waals surface area contributed by atoms with Gasteiger partial charge < -0.3 is 19.0 Å². The molecule has 0 aromatic carbocycles. The van der Waals surface area contributed by atoms with E-state index in [1.54, 1.807) is 12.3 Å². The Kier molecular flexibility index (Phi) is 5.06. The zero-order valence-corrected chi connectivity index (χ0v) is 16.2. The van der Waals surface area contributed by atoms with Crippen molar-refractivity contribution in [3.05, 3.63) is 40.1 Å². The third kappa shape index (κ3) is 3.79. The van der Waals surface area contributed by atoms with Gasteiger partial charge in [-0.15, -0.1) is 0 Å². The molecule has 148 valence electrons. The smallest absolute Gasteiger partial charge is 0.346 e. The summed E-state index contributed by atoms with van der Waals surface area (Å²) in [5, 5.41) is 10.7. The summed E-state index contributed by atoms with van der Waals surface area (Å²) in [5.41, 5.74) is -0.825. The van der Waals surface area contributed by atoms with E-state index in [9.17, 15) is 9.90 Å². The molecule has 5 nitrogen and oxygen atoms in total. The van der Waals surface area contributed by atoms with Gasteiger partial charge in [-0.05, 0) is 56.4 Å². The molecule has 5 heteroatoms. The maximum Gasteiger partial charge on any atom is 0.346 e. The minimum Gasteiger partial charge on any atom is -0.507 e. The van der Waals surface area contributed by atoms with Gasteiger partial charge in [-0.1, -0.05) is 13.3 Å². The van der Waals surface area contributed by atoms with Crippen LogP contribution in [0, 0.1) is 5.41 Å². The second kappa shape index (κ2) is 7.34. The summed E-state index contributed by atoms with van der Waals surface area (Å²) in [6.45, 7) is 2.90. The largest absolute Gasteiger partial charge is 0.507 e. The molecule has 2 unspecified atom stereocenters. The second-order valence-corrected chi connectivity index (χ2v) is 8.57. The first-order valence-electron chi connectivity index (χ1n) is 10.4. The van der Waals surface area contributed by atoms with Gasteiger partial charge in [0, 0.05) is 25.5 Å². The summed E-state index contributed by atoms with van der Waals surface area (Å²) >= 11 is 0. The Morgan fingerprint density at radius 3 is 2.74 bits per heavy atom. The number of aromatic hydroxyl groups is 1. The van der Waals surface area contributed by atoms with Gasteiger partial charge in [-0.25, -0.2) is 4.79 Å². The monoisotopic (exact) mass is 374 g/mol. The Hall–Kier alpha value is -1.75. The molecule has 1 aromatic heterocycles. The molecule has 27 heavy (non-hydrogen) atoms. The first-order valence-corrected chi connectivity index (χ1v) is 10.4. The molecule has 4 rings (SSSR count). The van der Waals surface area contributed by atoms with E-state index in [2.05, 4.69) is 0 Å². The average Bonchev–Trinajstić information content (AvgIpc) is 3.21. The molecule has 1 aliphatic carbocycles. The SMILES string of the molecule is CCCC1(c2c(O)cc(CC3(CC4CCCCO4)CC3)oc2=O)CC=CO1. The fourth-order valence-corrected chi connectivity index (χ4v) is 4.80. The zero-order valence-electron chi connectivity index (χ0n) is 16.2. The van der Waals surface area contributed by atoms with Crippen molar-refractivity contribution in [2.75, 3.05) is 6.61 Å². The lowest BCUT2D eigenvalue weighted by Gasteiger charge is -2.29. The van der Waals surface area contributed by atoms with Crippen molar-refractivity contribution in [1.82, 2.24) is 0 Å². The van der Waals surface area contributed by atoms with Crippen LogP contribution in [0.5, 0.6) is 5.75 Å². The predicted molar refractivity (Wildman–Crippen MR) is 102 cm³/mol. The van der Waals surface area contributed by atoms with Crippen molar-refractivity contribution in [1.29, 1.82) is 0 Å². The van der Waals surface area contributed by atoms with Crippen LogP contribution in [0.3, 0.4) is 0 Å². The number of rotatable bonds is 7. The molecule has 2 fully saturated rings. The quantitative estimate of drug-likeness (QED) is 0.758. The normalized spacial score (nSPS) is 28.9. The van der Waals surface area contributed by atoms with Gasteiger partial charge in [0.05, 0.1) is 12.4 Å². The van der Waals surface area contributed by atoms with E-state index in [1.807, 2.05) is 13.0 Å². The van der Waals surface area contributed by atoms with Crippen molar-refractivity contribution >= 4 is 0 Å². The summed E-state index contributed by atoms with van der Waals surface area (Å²) in [4.78, 5) is 12.8. The molecule has 0 spiro atoms. The molecular weight excluding hydrogens is 344 g/mol. The highest BCUT2D eigenvalue weighted by atomic mass is 16.5. The van der Waals surface area contributed by atoms with Gasteiger partial charge in [-0.3, -0.25) is 0 Å². The minimum atomic E-state index is -0.787. The zero-order chi connectivity index (χ0) is 18.9. The Balaban J connectivity index is 1.53. The minimum absolute atomic E-state index is 0.00289. The van der Waals surface area contributed by atoms with Gasteiger partial charge in [0.25, 0.3) is 0 Å². The molecule has 1 saturated heterocycles. The molecule has 3 aliphatic rings. The van der Waals surface area contributed by atoms with Crippen molar-refractivity contribution in [3.63, 3.8) is 0 Å². The van der Waals surface area contributed by atoms with Crippen LogP contribution in [-0.4, -0.2) is 17.8 Å². The van der Waals surface area contributed by atoms with Gasteiger partial charge in [-0.2, -0.15) is 0 Å². The lowest BCUT2D eigenvalue weighted by molar-refractivity contribution is -0.00194. The van der Waals surface area contributed by atoms with E-state index >= 15 is 0 Å². The van der Waals surface area contributed by atoms with E-state index in [0.29, 0.717) is 31.1 Å². The summed E-state index contributed by atoms with van der Waals surface area (Å²) < 4.78 is 17.3. The van der Waals surface area contributed by atoms with Crippen molar-refractivity contribution in [2.45, 2.75) is 82.8 Å². The highest BCUT2D eigenvalue weighted by molar-refractivity contribution is 5.37. The van der Waals surface area contributed by atoms with Crippen molar-refractivity contribution < 1.29 is 19.0 Å². The van der Waals surface area contributed by atoms with Crippen LogP contribution >= 0.6 is 0 Å². The lowest BCUT2D eigenvalue weighted by atomic mass is 9.86. The van der Waals surface area contributed by atoms with E-state index in [0.717, 1.165) is 45.1 Å². The maximum absolute atomic E-state index is 12.8. The number of ether oxygens (including phenoxy) is 2. The molecule has 1 N–H and O–H groups in total. The number of hydrogen-bond acceptors (Lipinski definition) is 5. The summed E-state index contributed by atoms with van der Waals surface area (Å²) in [5.74, 6) is 0.579. The number of hydrogen-bond donors (Lipinski definition) is 1. The molecule has 2 aliphatic heterocycles. The van der Waals surface area contributed by atoms with Gasteiger partial charge in [0.2, 0.25) is 0 Å². The lowest BCUT2D eigenvalue weighted by Crippen LogP contribution is -2.31. The second-order valence-electron chi connectivity index (χ2n) is 8.57. The Morgan fingerprint density at radius 2 is 2.15 bits per heavy atom. The highest BCUT2D eigenvalue weighted by Gasteiger charge is 2.46. The molecule has 0 amide bonds. The van der Waals surface area contributed by atoms with Crippen LogP contribution in [-0.2, 0) is 21.5 Å². The molecule has 3 heterocycles. The summed E-state index contributed by atoms with van der Waals surface area (Å²) in [6.07, 6.45) is 13.4. The van der Waals surface area contributed by atoms with Crippen LogP contribution in [0.15, 0.2) is 27.6 Å². The van der Waals surface area contributed by atoms with Crippen LogP contribution in [0.4, 0.5) is 0 Å². The standard InChI is InChI=1S/C22H30O5/c1-2-7-22(8-5-12-26-22)19-18(23)13-17(27-20(19)24)15-21(9-10-21)14-16-6-3-4-11-25-16/h5,12-13,16,23H,2-4,6-11,14-15H2,1H3. The highest BCUT2D eigenvalue weighted by Crippen LogP contribution is 2.53. The first-order chi connectivity index (χ1) is 13.1. The molecule has 2 atom stereocenters. The van der Waals surface area contributed by atoms with Crippen molar-refractivity contribution in [3.8, 4) is 5.75 Å². The maximum atomic E-state index is 12.8. The Labute approximate surface area is 160 Å². The van der Waals surface area contributed by atoms with Gasteiger partial charge in [0.15, 0.2) is 0 Å². The molecule has 0 bridgehead atoms. The fraction of sp³-hybridized carbons (Fsp3) is 0.682. The molecule has 1 saturated carbocycles. The summed E-state index contributed by atoms with van der Waals surface area (Å²) in [6, 6.07) is 1.64. The molecule has 1 aromatic rings. The van der Waals surface area contributed by atoms with Gasteiger partial charge >= 0.3 is 5.63 Å². The fourth-order valence-electron chi connectivity index (χ4n) is 4.80. The molecule has 0 radical (unpaired) electrons. The van der Waals surface area contributed by atoms with E-state index in [-0.39, 0.29) is 16.7 Å². The first kappa shape index (κ1) is 18.6. The van der Waals surface area contributed by atoms with Crippen LogP contribution in [0.2, 0.25) is 0 Å². The van der Waals surface area contributed by atoms with Crippen LogP contribution in [0.25, 0.3) is 0 Å². The average molecular weight is 374 g/mol.